The van der Waals surface area contributed by atoms with Crippen LogP contribution in [0.15, 0.2) is 23.8 Å². The molecule has 0 radical (unpaired) electrons. The molecule has 2 fully saturated rings. The lowest BCUT2D eigenvalue weighted by Crippen LogP contribution is -2.77. The average Bonchev–Trinajstić information content (AvgIpc) is 2.98. The van der Waals surface area contributed by atoms with E-state index < -0.39 is 29.1 Å². The number of allylic oxidation sites excluding steroid dienone is 1. The third-order valence-electron chi connectivity index (χ3n) is 7.56. The fraction of sp³-hybridized carbons (Fsp3) is 0.591. The molecular formula is C22H28N2O4. The maximum Gasteiger partial charge on any atom is 0.252 e. The minimum Gasteiger partial charge on any atom is -0.486 e. The second kappa shape index (κ2) is 5.81. The van der Waals surface area contributed by atoms with Crippen LogP contribution in [-0.2, 0) is 11.8 Å². The lowest BCUT2D eigenvalue weighted by Gasteiger charge is -2.63. The Hall–Kier alpha value is -1.89. The van der Waals surface area contributed by atoms with Crippen LogP contribution in [-0.4, -0.2) is 58.0 Å². The zero-order valence-corrected chi connectivity index (χ0v) is 16.4. The summed E-state index contributed by atoms with van der Waals surface area (Å²) in [6.07, 6.45) is 3.44. The summed E-state index contributed by atoms with van der Waals surface area (Å²) in [5.74, 6) is -0.0421. The summed E-state index contributed by atoms with van der Waals surface area (Å²) in [5, 5.41) is 22.9. The second-order valence-electron chi connectivity index (χ2n) is 9.13. The van der Waals surface area contributed by atoms with Crippen LogP contribution < -0.4 is 10.5 Å². The number of primary amides is 1. The van der Waals surface area contributed by atoms with Crippen molar-refractivity contribution in [3.8, 4) is 5.75 Å². The van der Waals surface area contributed by atoms with E-state index in [0.717, 1.165) is 24.2 Å². The predicted octanol–water partition coefficient (Wildman–Crippen LogP) is 1.27. The number of aliphatic hydroxyl groups is 2. The van der Waals surface area contributed by atoms with Crippen molar-refractivity contribution in [2.24, 2.45) is 5.73 Å². The average molecular weight is 384 g/mol. The van der Waals surface area contributed by atoms with E-state index in [1.165, 1.54) is 5.57 Å². The topological polar surface area (TPSA) is 96.0 Å². The van der Waals surface area contributed by atoms with Crippen molar-refractivity contribution in [2.75, 3.05) is 13.1 Å². The fourth-order valence-electron chi connectivity index (χ4n) is 6.33. The molecule has 28 heavy (non-hydrogen) atoms. The number of rotatable bonds is 3. The van der Waals surface area contributed by atoms with E-state index in [0.29, 0.717) is 37.0 Å². The number of hydrogen-bond donors (Lipinski definition) is 3. The predicted molar refractivity (Wildman–Crippen MR) is 104 cm³/mol. The van der Waals surface area contributed by atoms with Gasteiger partial charge in [0.2, 0.25) is 0 Å². The minimum atomic E-state index is -0.987. The summed E-state index contributed by atoms with van der Waals surface area (Å²) in [7, 11) is 0. The molecule has 4 aliphatic rings. The number of hydrogen-bond acceptors (Lipinski definition) is 5. The lowest BCUT2D eigenvalue weighted by molar-refractivity contribution is -0.206. The van der Waals surface area contributed by atoms with Gasteiger partial charge in [-0.25, -0.2) is 0 Å². The SMILES string of the molecule is CC(C)=CCN1CC[C@]23c4c5ccc(C(N)=O)c4O[C@H]2[C@H](O)CC[C@@]3(O)[C@H]1C5. The summed E-state index contributed by atoms with van der Waals surface area (Å²) in [6, 6.07) is 3.66. The van der Waals surface area contributed by atoms with Gasteiger partial charge in [-0.2, -0.15) is 0 Å². The van der Waals surface area contributed by atoms with Crippen molar-refractivity contribution >= 4 is 5.91 Å². The van der Waals surface area contributed by atoms with E-state index >= 15 is 0 Å². The van der Waals surface area contributed by atoms with Gasteiger partial charge in [-0.05, 0) is 57.7 Å². The normalized spacial score (nSPS) is 37.8. The van der Waals surface area contributed by atoms with Gasteiger partial charge in [0.05, 0.1) is 22.7 Å². The van der Waals surface area contributed by atoms with Crippen molar-refractivity contribution in [2.45, 2.75) is 68.8 Å². The van der Waals surface area contributed by atoms with Crippen molar-refractivity contribution in [1.82, 2.24) is 4.90 Å². The number of amides is 1. The molecule has 6 nitrogen and oxygen atoms in total. The molecule has 2 aliphatic carbocycles. The van der Waals surface area contributed by atoms with E-state index in [-0.39, 0.29) is 6.04 Å². The van der Waals surface area contributed by atoms with Gasteiger partial charge in [0, 0.05) is 18.2 Å². The Kier molecular flexibility index (Phi) is 3.77. The standard InChI is InChI=1S/C22H28N2O4/c1-12(2)6-9-24-10-8-21-17-13-3-4-14(20(23)26)18(17)28-19(21)15(25)5-7-22(21,27)16(24)11-13/h3-4,6,15-16,19,25,27H,5,7-11H2,1-2H3,(H2,23,26)/t15-,16-,19+,21+,22-/m1/s1. The van der Waals surface area contributed by atoms with Gasteiger partial charge in [0.25, 0.3) is 5.91 Å². The molecule has 6 heteroatoms. The van der Waals surface area contributed by atoms with Gasteiger partial charge in [0.15, 0.2) is 0 Å². The molecule has 1 spiro atoms. The zero-order valence-electron chi connectivity index (χ0n) is 16.4. The van der Waals surface area contributed by atoms with Crippen LogP contribution in [0.3, 0.4) is 0 Å². The summed E-state index contributed by atoms with van der Waals surface area (Å²) >= 11 is 0. The molecular weight excluding hydrogens is 356 g/mol. The zero-order chi connectivity index (χ0) is 19.8. The van der Waals surface area contributed by atoms with Crippen molar-refractivity contribution in [1.29, 1.82) is 0 Å². The number of piperidine rings is 1. The monoisotopic (exact) mass is 384 g/mol. The molecule has 150 valence electrons. The van der Waals surface area contributed by atoms with Crippen LogP contribution in [0.1, 0.15) is 54.6 Å². The Morgan fingerprint density at radius 2 is 2.18 bits per heavy atom. The molecule has 1 amide bonds. The van der Waals surface area contributed by atoms with Crippen molar-refractivity contribution in [3.63, 3.8) is 0 Å². The highest BCUT2D eigenvalue weighted by molar-refractivity contribution is 5.97. The molecule has 1 aromatic rings. The van der Waals surface area contributed by atoms with E-state index in [1.807, 2.05) is 6.07 Å². The summed E-state index contributed by atoms with van der Waals surface area (Å²) < 4.78 is 6.24. The van der Waals surface area contributed by atoms with Gasteiger partial charge in [-0.1, -0.05) is 17.7 Å². The highest BCUT2D eigenvalue weighted by atomic mass is 16.5. The van der Waals surface area contributed by atoms with Crippen LogP contribution in [0.5, 0.6) is 5.75 Å². The van der Waals surface area contributed by atoms with Gasteiger partial charge in [0.1, 0.15) is 11.9 Å². The van der Waals surface area contributed by atoms with E-state index in [2.05, 4.69) is 24.8 Å². The number of ether oxygens (including phenoxy) is 1. The Bertz CT molecular complexity index is 893. The number of carbonyl (C=O) groups excluding carboxylic acids is 1. The highest BCUT2D eigenvalue weighted by Gasteiger charge is 2.72. The van der Waals surface area contributed by atoms with Crippen LogP contribution in [0.25, 0.3) is 0 Å². The lowest BCUT2D eigenvalue weighted by atomic mass is 9.48. The molecule has 1 saturated carbocycles. The van der Waals surface area contributed by atoms with E-state index in [9.17, 15) is 15.0 Å². The van der Waals surface area contributed by atoms with Gasteiger partial charge >= 0.3 is 0 Å². The summed E-state index contributed by atoms with van der Waals surface area (Å²) in [5.41, 5.74) is 7.58. The quantitative estimate of drug-likeness (QED) is 0.682. The molecule has 1 aromatic carbocycles. The largest absolute Gasteiger partial charge is 0.486 e. The van der Waals surface area contributed by atoms with Crippen LogP contribution in [0, 0.1) is 0 Å². The Balaban J connectivity index is 1.71. The smallest absolute Gasteiger partial charge is 0.252 e. The minimum absolute atomic E-state index is 0.0340. The first-order valence-corrected chi connectivity index (χ1v) is 10.2. The molecule has 5 rings (SSSR count). The highest BCUT2D eigenvalue weighted by Crippen LogP contribution is 2.64. The van der Waals surface area contributed by atoms with E-state index in [4.69, 9.17) is 10.5 Å². The first kappa shape index (κ1) is 18.2. The van der Waals surface area contributed by atoms with Crippen LogP contribution in [0.2, 0.25) is 0 Å². The molecule has 2 heterocycles. The number of carbonyl (C=O) groups is 1. The molecule has 0 unspecified atom stereocenters. The fourth-order valence-corrected chi connectivity index (χ4v) is 6.33. The number of aliphatic hydroxyl groups excluding tert-OH is 1. The van der Waals surface area contributed by atoms with E-state index in [1.54, 1.807) is 6.07 Å². The van der Waals surface area contributed by atoms with Crippen LogP contribution >= 0.6 is 0 Å². The van der Waals surface area contributed by atoms with Crippen molar-refractivity contribution in [3.05, 3.63) is 40.5 Å². The Morgan fingerprint density at radius 3 is 2.89 bits per heavy atom. The first-order valence-electron chi connectivity index (χ1n) is 10.2. The number of nitrogens with two attached hydrogens (primary N) is 1. The van der Waals surface area contributed by atoms with Gasteiger partial charge in [-0.15, -0.1) is 0 Å². The van der Waals surface area contributed by atoms with Crippen LogP contribution in [0.4, 0.5) is 0 Å². The van der Waals surface area contributed by atoms with Gasteiger partial charge in [-0.3, -0.25) is 9.69 Å². The molecule has 2 bridgehead atoms. The Morgan fingerprint density at radius 1 is 1.39 bits per heavy atom. The first-order chi connectivity index (χ1) is 13.3. The molecule has 5 atom stereocenters. The third kappa shape index (κ3) is 2.06. The maximum atomic E-state index is 12.1. The summed E-state index contributed by atoms with van der Waals surface area (Å²) in [4.78, 5) is 14.4. The molecule has 1 saturated heterocycles. The number of likely N-dealkylation sites (tertiary alicyclic amines) is 1. The summed E-state index contributed by atoms with van der Waals surface area (Å²) in [6.45, 7) is 5.81. The van der Waals surface area contributed by atoms with Gasteiger partial charge < -0.3 is 20.7 Å². The third-order valence-corrected chi connectivity index (χ3v) is 7.56. The molecule has 2 aliphatic heterocycles. The molecule has 4 N–H and O–H groups in total. The molecule has 0 aromatic heterocycles. The number of benzene rings is 1. The second-order valence-corrected chi connectivity index (χ2v) is 9.13. The number of nitrogens with zero attached hydrogens (tertiary/aromatic N) is 1. The maximum absolute atomic E-state index is 12.1. The van der Waals surface area contributed by atoms with Crippen molar-refractivity contribution < 1.29 is 19.7 Å². The Labute approximate surface area is 165 Å².